The second kappa shape index (κ2) is 8.93. The molecule has 0 N–H and O–H groups in total. The van der Waals surface area contributed by atoms with E-state index in [0.29, 0.717) is 32.8 Å². The largest absolute Gasteiger partial charge is 0.450 e. The van der Waals surface area contributed by atoms with Gasteiger partial charge in [0.25, 0.3) is 11.8 Å². The summed E-state index contributed by atoms with van der Waals surface area (Å²) in [6, 6.07) is 29.2. The Hall–Kier alpha value is -4.68. The first-order valence-corrected chi connectivity index (χ1v) is 13.4. The van der Waals surface area contributed by atoms with Crippen LogP contribution in [-0.4, -0.2) is 16.7 Å². The third-order valence-corrected chi connectivity index (χ3v) is 8.39. The Labute approximate surface area is 235 Å². The van der Waals surface area contributed by atoms with Crippen LogP contribution in [0.25, 0.3) is 11.0 Å². The van der Waals surface area contributed by atoms with Crippen LogP contribution in [0.2, 0.25) is 5.02 Å². The molecule has 0 saturated heterocycles. The van der Waals surface area contributed by atoms with Crippen molar-refractivity contribution in [3.8, 4) is 0 Å². The highest BCUT2D eigenvalue weighted by Gasteiger charge is 2.65. The smallest absolute Gasteiger partial charge is 0.291 e. The molecule has 40 heavy (non-hydrogen) atoms. The molecule has 1 atom stereocenters. The highest BCUT2D eigenvalue weighted by Crippen LogP contribution is 2.53. The van der Waals surface area contributed by atoms with Crippen molar-refractivity contribution in [3.05, 3.63) is 146 Å². The lowest BCUT2D eigenvalue weighted by Crippen LogP contribution is -2.53. The van der Waals surface area contributed by atoms with E-state index in [4.69, 9.17) is 16.0 Å². The molecular weight excluding hydrogens is 524 g/mol. The highest BCUT2D eigenvalue weighted by molar-refractivity contribution is 6.31. The van der Waals surface area contributed by atoms with Crippen molar-refractivity contribution in [3.63, 3.8) is 0 Å². The molecule has 2 amide bonds. The van der Waals surface area contributed by atoms with Crippen LogP contribution in [0.1, 0.15) is 38.4 Å². The van der Waals surface area contributed by atoms with Crippen molar-refractivity contribution in [2.45, 2.75) is 25.6 Å². The van der Waals surface area contributed by atoms with Gasteiger partial charge in [-0.1, -0.05) is 84.4 Å². The van der Waals surface area contributed by atoms with Gasteiger partial charge in [0, 0.05) is 17.1 Å². The summed E-state index contributed by atoms with van der Waals surface area (Å²) in [6.07, 6.45) is 0. The number of nitrogens with zero attached hydrogens (tertiary/aromatic N) is 2. The van der Waals surface area contributed by atoms with E-state index in [1.165, 1.54) is 4.90 Å². The summed E-state index contributed by atoms with van der Waals surface area (Å²) in [5, 5.41) is 0.775. The number of hydrogen-bond acceptors (Lipinski definition) is 4. The average molecular weight is 547 g/mol. The molecule has 0 bridgehead atoms. The molecule has 0 aliphatic carbocycles. The average Bonchev–Trinajstić information content (AvgIpc) is 3.36. The highest BCUT2D eigenvalue weighted by atomic mass is 35.5. The fourth-order valence-corrected chi connectivity index (χ4v) is 6.27. The number of benzene rings is 4. The molecule has 4 aromatic carbocycles. The Kier molecular flexibility index (Phi) is 5.44. The zero-order valence-corrected chi connectivity index (χ0v) is 22.3. The Morgan fingerprint density at radius 1 is 0.775 bits per heavy atom. The predicted molar refractivity (Wildman–Crippen MR) is 153 cm³/mol. The van der Waals surface area contributed by atoms with Crippen LogP contribution in [0.15, 0.2) is 106 Å². The summed E-state index contributed by atoms with van der Waals surface area (Å²) in [6.45, 7) is 2.29. The van der Waals surface area contributed by atoms with Gasteiger partial charge in [0.15, 0.2) is 11.0 Å². The first kappa shape index (κ1) is 24.4. The zero-order chi connectivity index (χ0) is 27.6. The summed E-state index contributed by atoms with van der Waals surface area (Å²) < 4.78 is 6.12. The van der Waals surface area contributed by atoms with Crippen molar-refractivity contribution >= 4 is 40.1 Å². The number of carbonyl (C=O) groups excluding carboxylic acids is 2. The van der Waals surface area contributed by atoms with E-state index in [1.54, 1.807) is 41.3 Å². The standard InChI is InChI=1S/C33H23ClN2O4/c1-20-10-2-3-11-21(20)18-35-26-16-8-6-14-24(26)33(32(35)39)28-29(37)23-13-5-9-17-27(23)40-30(28)31(38)36(33)19-22-12-4-7-15-25(22)34/h2-17H,18-19H2,1H3. The minimum Gasteiger partial charge on any atom is -0.450 e. The van der Waals surface area contributed by atoms with Gasteiger partial charge < -0.3 is 14.2 Å². The predicted octanol–water partition coefficient (Wildman–Crippen LogP) is 6.20. The van der Waals surface area contributed by atoms with E-state index in [2.05, 4.69) is 0 Å². The lowest BCUT2D eigenvalue weighted by atomic mass is 9.83. The normalized spacial score (nSPS) is 17.6. The molecule has 5 aromatic rings. The molecule has 0 radical (unpaired) electrons. The number of carbonyl (C=O) groups is 2. The zero-order valence-electron chi connectivity index (χ0n) is 21.6. The summed E-state index contributed by atoms with van der Waals surface area (Å²) in [5.74, 6) is -1.02. The van der Waals surface area contributed by atoms with E-state index < -0.39 is 16.9 Å². The van der Waals surface area contributed by atoms with Crippen LogP contribution in [0.3, 0.4) is 0 Å². The molecule has 1 unspecified atom stereocenters. The molecule has 0 fully saturated rings. The third kappa shape index (κ3) is 3.26. The minimum absolute atomic E-state index is 0.0107. The summed E-state index contributed by atoms with van der Waals surface area (Å²) in [4.78, 5) is 46.5. The van der Waals surface area contributed by atoms with E-state index in [1.807, 2.05) is 67.6 Å². The first-order chi connectivity index (χ1) is 19.4. The minimum atomic E-state index is -1.71. The van der Waals surface area contributed by atoms with Gasteiger partial charge in [-0.15, -0.1) is 0 Å². The van der Waals surface area contributed by atoms with Crippen LogP contribution >= 0.6 is 11.6 Å². The number of rotatable bonds is 4. The second-order valence-corrected chi connectivity index (χ2v) is 10.6. The van der Waals surface area contributed by atoms with Gasteiger partial charge in [-0.2, -0.15) is 0 Å². The van der Waals surface area contributed by atoms with Gasteiger partial charge in [-0.3, -0.25) is 14.4 Å². The van der Waals surface area contributed by atoms with E-state index in [9.17, 15) is 14.4 Å². The molecule has 3 heterocycles. The molecule has 2 aliphatic rings. The van der Waals surface area contributed by atoms with Crippen LogP contribution < -0.4 is 10.3 Å². The third-order valence-electron chi connectivity index (χ3n) is 8.02. The van der Waals surface area contributed by atoms with Gasteiger partial charge in [0.2, 0.25) is 5.76 Å². The fourth-order valence-electron chi connectivity index (χ4n) is 6.07. The topological polar surface area (TPSA) is 70.8 Å². The van der Waals surface area contributed by atoms with Crippen molar-refractivity contribution in [1.82, 2.24) is 4.90 Å². The number of hydrogen-bond donors (Lipinski definition) is 0. The van der Waals surface area contributed by atoms with Crippen LogP contribution in [0.5, 0.6) is 0 Å². The number of fused-ring (bicyclic) bond motifs is 5. The molecule has 1 aromatic heterocycles. The van der Waals surface area contributed by atoms with Crippen molar-refractivity contribution in [2.75, 3.05) is 4.90 Å². The van der Waals surface area contributed by atoms with Gasteiger partial charge >= 0.3 is 0 Å². The van der Waals surface area contributed by atoms with Gasteiger partial charge in [0.1, 0.15) is 5.58 Å². The molecular formula is C33H23ClN2O4. The second-order valence-electron chi connectivity index (χ2n) is 10.2. The lowest BCUT2D eigenvalue weighted by Gasteiger charge is -2.34. The molecule has 0 saturated carbocycles. The maximum absolute atomic E-state index is 14.9. The number of amides is 2. The molecule has 2 aliphatic heterocycles. The Balaban J connectivity index is 1.53. The van der Waals surface area contributed by atoms with E-state index in [-0.39, 0.29) is 30.3 Å². The summed E-state index contributed by atoms with van der Waals surface area (Å²) in [7, 11) is 0. The fraction of sp³-hybridized carbons (Fsp3) is 0.121. The van der Waals surface area contributed by atoms with Gasteiger partial charge in [-0.05, 0) is 47.9 Å². The van der Waals surface area contributed by atoms with Gasteiger partial charge in [0.05, 0.1) is 23.2 Å². The van der Waals surface area contributed by atoms with E-state index in [0.717, 1.165) is 11.1 Å². The lowest BCUT2D eigenvalue weighted by molar-refractivity contribution is -0.126. The quantitative estimate of drug-likeness (QED) is 0.269. The van der Waals surface area contributed by atoms with Crippen LogP contribution in [0, 0.1) is 6.92 Å². The maximum Gasteiger partial charge on any atom is 0.291 e. The number of halogens is 1. The summed E-state index contributed by atoms with van der Waals surface area (Å²) >= 11 is 6.54. The summed E-state index contributed by atoms with van der Waals surface area (Å²) in [5.41, 5.74) is 2.11. The van der Waals surface area contributed by atoms with Crippen molar-refractivity contribution in [2.24, 2.45) is 0 Å². The number of aryl methyl sites for hydroxylation is 1. The van der Waals surface area contributed by atoms with Crippen LogP contribution in [-0.2, 0) is 23.4 Å². The molecule has 1 spiro atoms. The number of anilines is 1. The molecule has 196 valence electrons. The Morgan fingerprint density at radius 2 is 1.45 bits per heavy atom. The monoisotopic (exact) mass is 546 g/mol. The SMILES string of the molecule is Cc1ccccc1CN1C(=O)C2(c3ccccc31)c1c(oc3ccccc3c1=O)C(=O)N2Cc1ccccc1Cl. The van der Waals surface area contributed by atoms with Crippen LogP contribution in [0.4, 0.5) is 5.69 Å². The molecule has 6 nitrogen and oxygen atoms in total. The first-order valence-electron chi connectivity index (χ1n) is 13.0. The maximum atomic E-state index is 14.9. The van der Waals surface area contributed by atoms with Crippen molar-refractivity contribution < 1.29 is 14.0 Å². The Bertz CT molecular complexity index is 1930. The number of para-hydroxylation sites is 2. The van der Waals surface area contributed by atoms with Gasteiger partial charge in [-0.25, -0.2) is 0 Å². The van der Waals surface area contributed by atoms with E-state index >= 15 is 0 Å². The Morgan fingerprint density at radius 3 is 2.25 bits per heavy atom. The molecule has 7 rings (SSSR count). The molecule has 7 heteroatoms. The van der Waals surface area contributed by atoms with Crippen molar-refractivity contribution in [1.29, 1.82) is 0 Å².